The highest BCUT2D eigenvalue weighted by Crippen LogP contribution is 2.26. The molecule has 3 fully saturated rings. The Labute approximate surface area is 115 Å². The largest absolute Gasteiger partial charge is 0.342 e. The fourth-order valence-electron chi connectivity index (χ4n) is 3.52. The number of hydrogen-bond acceptors (Lipinski definition) is 3. The topological polar surface area (TPSA) is 35.6 Å². The molecule has 104 valence electrons. The van der Waals surface area contributed by atoms with Crippen LogP contribution >= 0.6 is 12.4 Å². The van der Waals surface area contributed by atoms with Gasteiger partial charge in [0.25, 0.3) is 0 Å². The molecule has 0 aliphatic carbocycles. The van der Waals surface area contributed by atoms with Crippen LogP contribution in [0.25, 0.3) is 0 Å². The highest BCUT2D eigenvalue weighted by molar-refractivity contribution is 5.85. The zero-order valence-electron chi connectivity index (χ0n) is 10.9. The smallest absolute Gasteiger partial charge is 0.236 e. The van der Waals surface area contributed by atoms with E-state index in [2.05, 4.69) is 15.1 Å². The van der Waals surface area contributed by atoms with Crippen molar-refractivity contribution in [3.63, 3.8) is 0 Å². The first-order valence-corrected chi connectivity index (χ1v) is 7.04. The SMILES string of the molecule is Cl.O=C(CN1C[C@H]2CNC[C@H]2C1)N1CCCCC1. The van der Waals surface area contributed by atoms with E-state index >= 15 is 0 Å². The van der Waals surface area contributed by atoms with E-state index in [0.717, 1.165) is 51.1 Å². The summed E-state index contributed by atoms with van der Waals surface area (Å²) in [5, 5.41) is 3.44. The molecule has 5 heteroatoms. The lowest BCUT2D eigenvalue weighted by Gasteiger charge is -2.28. The molecule has 3 heterocycles. The number of carbonyl (C=O) groups is 1. The molecule has 0 unspecified atom stereocenters. The molecule has 1 amide bonds. The van der Waals surface area contributed by atoms with Gasteiger partial charge in [-0.2, -0.15) is 0 Å². The molecule has 0 spiro atoms. The molecule has 4 nitrogen and oxygen atoms in total. The lowest BCUT2D eigenvalue weighted by Crippen LogP contribution is -2.42. The van der Waals surface area contributed by atoms with Crippen LogP contribution in [0.5, 0.6) is 0 Å². The van der Waals surface area contributed by atoms with Crippen molar-refractivity contribution in [2.24, 2.45) is 11.8 Å². The number of fused-ring (bicyclic) bond motifs is 1. The molecule has 0 radical (unpaired) electrons. The number of nitrogens with one attached hydrogen (secondary N) is 1. The molecule has 3 saturated heterocycles. The van der Waals surface area contributed by atoms with Crippen molar-refractivity contribution in [1.82, 2.24) is 15.1 Å². The lowest BCUT2D eigenvalue weighted by molar-refractivity contribution is -0.133. The van der Waals surface area contributed by atoms with Crippen LogP contribution in [0, 0.1) is 11.8 Å². The highest BCUT2D eigenvalue weighted by Gasteiger charge is 2.36. The Hall–Kier alpha value is -0.320. The summed E-state index contributed by atoms with van der Waals surface area (Å²) in [5.74, 6) is 1.95. The first kappa shape index (κ1) is 14.1. The maximum Gasteiger partial charge on any atom is 0.236 e. The van der Waals surface area contributed by atoms with Gasteiger partial charge in [-0.25, -0.2) is 0 Å². The van der Waals surface area contributed by atoms with Gasteiger partial charge in [0.2, 0.25) is 5.91 Å². The standard InChI is InChI=1S/C13H23N3O.ClH/c17-13(16-4-2-1-3-5-16)10-15-8-11-6-14-7-12(11)9-15;/h11-12,14H,1-10H2;1H/t11-,12+;. The van der Waals surface area contributed by atoms with E-state index in [1.165, 1.54) is 19.3 Å². The fourth-order valence-corrected chi connectivity index (χ4v) is 3.52. The van der Waals surface area contributed by atoms with Crippen LogP contribution in [0.2, 0.25) is 0 Å². The molecule has 3 aliphatic heterocycles. The summed E-state index contributed by atoms with van der Waals surface area (Å²) in [4.78, 5) is 16.6. The number of rotatable bonds is 2. The van der Waals surface area contributed by atoms with Gasteiger partial charge in [-0.15, -0.1) is 12.4 Å². The van der Waals surface area contributed by atoms with Gasteiger partial charge in [0, 0.05) is 26.2 Å². The second kappa shape index (κ2) is 6.22. The average Bonchev–Trinajstić information content (AvgIpc) is 2.90. The van der Waals surface area contributed by atoms with E-state index in [0.29, 0.717) is 12.5 Å². The molecular formula is C13H24ClN3O. The maximum atomic E-state index is 12.1. The van der Waals surface area contributed by atoms with Crippen molar-refractivity contribution in [3.8, 4) is 0 Å². The Morgan fingerprint density at radius 1 is 1.06 bits per heavy atom. The minimum Gasteiger partial charge on any atom is -0.342 e. The van der Waals surface area contributed by atoms with Crippen LogP contribution in [0.3, 0.4) is 0 Å². The first-order chi connectivity index (χ1) is 8.33. The summed E-state index contributed by atoms with van der Waals surface area (Å²) in [6.45, 7) is 7.18. The zero-order chi connectivity index (χ0) is 11.7. The van der Waals surface area contributed by atoms with Crippen LogP contribution < -0.4 is 5.32 Å². The minimum atomic E-state index is 0. The average molecular weight is 274 g/mol. The molecule has 18 heavy (non-hydrogen) atoms. The third-order valence-electron chi connectivity index (χ3n) is 4.53. The molecule has 2 atom stereocenters. The van der Waals surface area contributed by atoms with Crippen molar-refractivity contribution in [1.29, 1.82) is 0 Å². The van der Waals surface area contributed by atoms with Gasteiger partial charge >= 0.3 is 0 Å². The molecule has 0 aromatic rings. The van der Waals surface area contributed by atoms with Crippen LogP contribution in [-0.2, 0) is 4.79 Å². The van der Waals surface area contributed by atoms with Gasteiger partial charge < -0.3 is 10.2 Å². The summed E-state index contributed by atoms with van der Waals surface area (Å²) in [7, 11) is 0. The molecular weight excluding hydrogens is 250 g/mol. The number of nitrogens with zero attached hydrogens (tertiary/aromatic N) is 2. The van der Waals surface area contributed by atoms with Crippen molar-refractivity contribution in [2.45, 2.75) is 19.3 Å². The summed E-state index contributed by atoms with van der Waals surface area (Å²) in [5.41, 5.74) is 0. The third kappa shape index (κ3) is 2.98. The Morgan fingerprint density at radius 2 is 1.67 bits per heavy atom. The van der Waals surface area contributed by atoms with Crippen molar-refractivity contribution in [3.05, 3.63) is 0 Å². The fraction of sp³-hybridized carbons (Fsp3) is 0.923. The minimum absolute atomic E-state index is 0. The molecule has 0 saturated carbocycles. The highest BCUT2D eigenvalue weighted by atomic mass is 35.5. The Kier molecular flexibility index (Phi) is 4.87. The number of carbonyl (C=O) groups excluding carboxylic acids is 1. The monoisotopic (exact) mass is 273 g/mol. The van der Waals surface area contributed by atoms with Crippen LogP contribution in [0.1, 0.15) is 19.3 Å². The Balaban J connectivity index is 0.00000120. The van der Waals surface area contributed by atoms with E-state index in [-0.39, 0.29) is 12.4 Å². The second-order valence-corrected chi connectivity index (χ2v) is 5.81. The van der Waals surface area contributed by atoms with Gasteiger partial charge in [-0.1, -0.05) is 0 Å². The number of amides is 1. The van der Waals surface area contributed by atoms with Gasteiger partial charge in [-0.3, -0.25) is 9.69 Å². The molecule has 0 aromatic carbocycles. The summed E-state index contributed by atoms with van der Waals surface area (Å²) < 4.78 is 0. The Morgan fingerprint density at radius 3 is 2.28 bits per heavy atom. The maximum absolute atomic E-state index is 12.1. The van der Waals surface area contributed by atoms with Crippen molar-refractivity contribution >= 4 is 18.3 Å². The molecule has 0 aromatic heterocycles. The summed E-state index contributed by atoms with van der Waals surface area (Å²) in [6, 6.07) is 0. The normalized spacial score (nSPS) is 32.1. The van der Waals surface area contributed by atoms with Gasteiger partial charge in [0.05, 0.1) is 6.54 Å². The number of likely N-dealkylation sites (tertiary alicyclic amines) is 2. The number of piperidine rings is 1. The van der Waals surface area contributed by atoms with Crippen LogP contribution in [0.4, 0.5) is 0 Å². The van der Waals surface area contributed by atoms with E-state index in [1.54, 1.807) is 0 Å². The predicted octanol–water partition coefficient (Wildman–Crippen LogP) is 0.572. The molecule has 3 rings (SSSR count). The third-order valence-corrected chi connectivity index (χ3v) is 4.53. The quantitative estimate of drug-likeness (QED) is 0.799. The van der Waals surface area contributed by atoms with Crippen molar-refractivity contribution in [2.75, 3.05) is 45.8 Å². The summed E-state index contributed by atoms with van der Waals surface area (Å²) in [6.07, 6.45) is 3.69. The molecule has 1 N–H and O–H groups in total. The van der Waals surface area contributed by atoms with Gasteiger partial charge in [-0.05, 0) is 44.2 Å². The van der Waals surface area contributed by atoms with E-state index in [4.69, 9.17) is 0 Å². The second-order valence-electron chi connectivity index (χ2n) is 5.81. The van der Waals surface area contributed by atoms with Crippen LogP contribution in [-0.4, -0.2) is 61.5 Å². The van der Waals surface area contributed by atoms with E-state index in [9.17, 15) is 4.79 Å². The summed E-state index contributed by atoms with van der Waals surface area (Å²) >= 11 is 0. The molecule has 0 bridgehead atoms. The van der Waals surface area contributed by atoms with Crippen LogP contribution in [0.15, 0.2) is 0 Å². The van der Waals surface area contributed by atoms with Crippen molar-refractivity contribution < 1.29 is 4.79 Å². The van der Waals surface area contributed by atoms with Gasteiger partial charge in [0.15, 0.2) is 0 Å². The zero-order valence-corrected chi connectivity index (χ0v) is 11.8. The van der Waals surface area contributed by atoms with E-state index < -0.39 is 0 Å². The van der Waals surface area contributed by atoms with Gasteiger partial charge in [0.1, 0.15) is 0 Å². The first-order valence-electron chi connectivity index (χ1n) is 7.04. The number of hydrogen-bond donors (Lipinski definition) is 1. The number of halogens is 1. The van der Waals surface area contributed by atoms with E-state index in [1.807, 2.05) is 0 Å². The lowest BCUT2D eigenvalue weighted by atomic mass is 10.0. The predicted molar refractivity (Wildman–Crippen MR) is 74.0 cm³/mol. The molecule has 3 aliphatic rings. The Bertz CT molecular complexity index is 282.